The van der Waals surface area contributed by atoms with Gasteiger partial charge in [-0.15, -0.1) is 0 Å². The van der Waals surface area contributed by atoms with E-state index in [1.54, 1.807) is 16.4 Å². The van der Waals surface area contributed by atoms with Gasteiger partial charge >= 0.3 is 0 Å². The van der Waals surface area contributed by atoms with E-state index in [1.807, 2.05) is 30.9 Å². The SMILES string of the molecule is CC(CN1CCC(c2ccc3c(NCCC(N)=O)nn(C)c3c2)CC1)N(C)c1cccc(S(=O)(=O)N2CCC(Nc3ncc(O)cn3)CC2)c1. The lowest BCUT2D eigenvalue weighted by Crippen LogP contribution is -2.43. The van der Waals surface area contributed by atoms with Crippen LogP contribution in [0, 0.1) is 0 Å². The van der Waals surface area contributed by atoms with Gasteiger partial charge in [-0.1, -0.05) is 12.1 Å². The number of likely N-dealkylation sites (tertiary alicyclic amines) is 1. The zero-order valence-electron chi connectivity index (χ0n) is 29.0. The molecule has 0 aliphatic carbocycles. The summed E-state index contributed by atoms with van der Waals surface area (Å²) in [5.74, 6) is 1.31. The van der Waals surface area contributed by atoms with Crippen LogP contribution in [0.5, 0.6) is 5.75 Å². The summed E-state index contributed by atoms with van der Waals surface area (Å²) in [5.41, 5.74) is 8.54. The average molecular weight is 705 g/mol. The standard InChI is InChI=1S/C35H48N10O4S/c1-24(23-44-15-10-25(11-16-44)26-7-8-31-32(19-26)43(3)41-34(31)37-14-9-33(36)47)42(2)28-5-4-6-30(20-28)50(48,49)45-17-12-27(13-18-45)40-35-38-21-29(46)22-39-35/h4-8,19-22,24-25,27,46H,9-18,23H2,1-3H3,(H2,36,47)(H,37,41)(H,38,39,40). The van der Waals surface area contributed by atoms with Crippen molar-refractivity contribution >= 4 is 44.3 Å². The van der Waals surface area contributed by atoms with Crippen molar-refractivity contribution in [3.63, 3.8) is 0 Å². The summed E-state index contributed by atoms with van der Waals surface area (Å²) in [6.45, 7) is 6.31. The monoisotopic (exact) mass is 704 g/mol. The molecule has 4 heterocycles. The fourth-order valence-electron chi connectivity index (χ4n) is 6.99. The van der Waals surface area contributed by atoms with E-state index in [2.05, 4.69) is 60.6 Å². The molecule has 5 N–H and O–H groups in total. The summed E-state index contributed by atoms with van der Waals surface area (Å²) in [6, 6.07) is 14.1. The van der Waals surface area contributed by atoms with Gasteiger partial charge in [0.1, 0.15) is 0 Å². The molecule has 0 bridgehead atoms. The van der Waals surface area contributed by atoms with Crippen LogP contribution in [0.25, 0.3) is 10.9 Å². The molecule has 2 aromatic carbocycles. The molecular weight excluding hydrogens is 657 g/mol. The number of benzene rings is 2. The van der Waals surface area contributed by atoms with E-state index in [9.17, 15) is 18.3 Å². The largest absolute Gasteiger partial charge is 0.505 e. The molecule has 2 aliphatic heterocycles. The maximum absolute atomic E-state index is 13.7. The zero-order chi connectivity index (χ0) is 35.4. The number of carbonyl (C=O) groups is 1. The third-order valence-electron chi connectivity index (χ3n) is 10.1. The average Bonchev–Trinajstić information content (AvgIpc) is 3.43. The molecule has 2 fully saturated rings. The molecule has 1 amide bonds. The molecule has 268 valence electrons. The van der Waals surface area contributed by atoms with Crippen LogP contribution in [0.4, 0.5) is 17.5 Å². The van der Waals surface area contributed by atoms with Gasteiger partial charge in [-0.3, -0.25) is 9.48 Å². The Hall–Kier alpha value is -4.47. The Morgan fingerprint density at radius 1 is 1.06 bits per heavy atom. The third kappa shape index (κ3) is 8.11. The number of nitrogens with two attached hydrogens (primary N) is 1. The van der Waals surface area contributed by atoms with Crippen molar-refractivity contribution in [1.29, 1.82) is 0 Å². The summed E-state index contributed by atoms with van der Waals surface area (Å²) in [7, 11) is 0.324. The lowest BCUT2D eigenvalue weighted by atomic mass is 9.89. The number of aromatic nitrogens is 4. The third-order valence-corrected chi connectivity index (χ3v) is 12.0. The van der Waals surface area contributed by atoms with Crippen LogP contribution in [0.1, 0.15) is 50.5 Å². The number of rotatable bonds is 13. The summed E-state index contributed by atoms with van der Waals surface area (Å²) in [5, 5.41) is 21.5. The predicted octanol–water partition coefficient (Wildman–Crippen LogP) is 3.33. The van der Waals surface area contributed by atoms with Crippen LogP contribution in [0.3, 0.4) is 0 Å². The first-order valence-corrected chi connectivity index (χ1v) is 18.7. The Kier molecular flexibility index (Phi) is 10.7. The number of primary amides is 1. The van der Waals surface area contributed by atoms with Gasteiger partial charge < -0.3 is 31.3 Å². The highest BCUT2D eigenvalue weighted by Crippen LogP contribution is 2.33. The maximum Gasteiger partial charge on any atom is 0.243 e. The second kappa shape index (κ2) is 15.2. The highest BCUT2D eigenvalue weighted by molar-refractivity contribution is 7.89. The van der Waals surface area contributed by atoms with Gasteiger partial charge in [-0.05, 0) is 87.5 Å². The lowest BCUT2D eigenvalue weighted by Gasteiger charge is -2.37. The molecule has 6 rings (SSSR count). The molecule has 2 aromatic heterocycles. The first kappa shape index (κ1) is 35.4. The van der Waals surface area contributed by atoms with E-state index < -0.39 is 10.0 Å². The van der Waals surface area contributed by atoms with Crippen molar-refractivity contribution in [2.24, 2.45) is 12.8 Å². The summed E-state index contributed by atoms with van der Waals surface area (Å²) >= 11 is 0. The number of nitrogens with one attached hydrogen (secondary N) is 2. The first-order chi connectivity index (χ1) is 24.0. The maximum atomic E-state index is 13.7. The van der Waals surface area contributed by atoms with Crippen molar-refractivity contribution < 1.29 is 18.3 Å². The van der Waals surface area contributed by atoms with Crippen molar-refractivity contribution in [3.05, 3.63) is 60.4 Å². The Bertz CT molecular complexity index is 1890. The van der Waals surface area contributed by atoms with Crippen LogP contribution in [0.15, 0.2) is 59.8 Å². The number of fused-ring (bicyclic) bond motifs is 1. The molecule has 0 saturated carbocycles. The van der Waals surface area contributed by atoms with Crippen molar-refractivity contribution in [2.45, 2.75) is 61.9 Å². The van der Waals surface area contributed by atoms with E-state index in [0.29, 0.717) is 49.2 Å². The molecule has 1 unspecified atom stereocenters. The number of aromatic hydroxyl groups is 1. The minimum absolute atomic E-state index is 0.0000474. The number of anilines is 3. The molecule has 0 radical (unpaired) electrons. The molecule has 0 spiro atoms. The van der Waals surface area contributed by atoms with Crippen LogP contribution in [0.2, 0.25) is 0 Å². The molecule has 1 atom stereocenters. The second-order valence-corrected chi connectivity index (χ2v) is 15.4. The fourth-order valence-corrected chi connectivity index (χ4v) is 8.50. The van der Waals surface area contributed by atoms with Crippen LogP contribution < -0.4 is 21.3 Å². The summed E-state index contributed by atoms with van der Waals surface area (Å²) in [4.78, 5) is 24.3. The summed E-state index contributed by atoms with van der Waals surface area (Å²) < 4.78 is 30.8. The van der Waals surface area contributed by atoms with Gasteiger partial charge in [-0.25, -0.2) is 18.4 Å². The highest BCUT2D eigenvalue weighted by atomic mass is 32.2. The van der Waals surface area contributed by atoms with Crippen molar-refractivity contribution in [1.82, 2.24) is 29.0 Å². The Morgan fingerprint density at radius 2 is 1.78 bits per heavy atom. The van der Waals surface area contributed by atoms with Gasteiger partial charge in [0.15, 0.2) is 11.6 Å². The minimum Gasteiger partial charge on any atom is -0.505 e. The number of hydrogen-bond acceptors (Lipinski definition) is 11. The van der Waals surface area contributed by atoms with Crippen LogP contribution >= 0.6 is 0 Å². The van der Waals surface area contributed by atoms with E-state index in [-0.39, 0.29) is 30.2 Å². The highest BCUT2D eigenvalue weighted by Gasteiger charge is 2.30. The number of likely N-dealkylation sites (N-methyl/N-ethyl adjacent to an activating group) is 1. The number of nitrogens with zero attached hydrogens (tertiary/aromatic N) is 7. The molecule has 14 nitrogen and oxygen atoms in total. The Labute approximate surface area is 293 Å². The summed E-state index contributed by atoms with van der Waals surface area (Å²) in [6.07, 6.45) is 6.31. The predicted molar refractivity (Wildman–Crippen MR) is 195 cm³/mol. The molecule has 50 heavy (non-hydrogen) atoms. The molecule has 2 saturated heterocycles. The smallest absolute Gasteiger partial charge is 0.243 e. The molecule has 15 heteroatoms. The first-order valence-electron chi connectivity index (χ1n) is 17.3. The minimum atomic E-state index is -3.65. The zero-order valence-corrected chi connectivity index (χ0v) is 29.8. The van der Waals surface area contributed by atoms with Gasteiger partial charge in [-0.2, -0.15) is 9.40 Å². The molecule has 4 aromatic rings. The number of carbonyl (C=O) groups excluding carboxylic acids is 1. The molecular formula is C35H48N10O4S. The van der Waals surface area contributed by atoms with Gasteiger partial charge in [0.05, 0.1) is 22.8 Å². The number of aryl methyl sites for hydroxylation is 1. The molecule has 2 aliphatic rings. The number of piperidine rings is 2. The number of sulfonamides is 1. The fraction of sp³-hybridized carbons (Fsp3) is 0.486. The normalized spacial score (nSPS) is 17.5. The van der Waals surface area contributed by atoms with Crippen LogP contribution in [-0.2, 0) is 21.9 Å². The Balaban J connectivity index is 1.01. The lowest BCUT2D eigenvalue weighted by molar-refractivity contribution is -0.117. The van der Waals surface area contributed by atoms with Crippen molar-refractivity contribution in [2.75, 3.05) is 61.8 Å². The van der Waals surface area contributed by atoms with Gasteiger partial charge in [0, 0.05) is 69.9 Å². The van der Waals surface area contributed by atoms with E-state index in [1.165, 1.54) is 18.0 Å². The quantitative estimate of drug-likeness (QED) is 0.161. The van der Waals surface area contributed by atoms with Crippen molar-refractivity contribution in [3.8, 4) is 5.75 Å². The van der Waals surface area contributed by atoms with Gasteiger partial charge in [0.2, 0.25) is 21.9 Å². The number of hydrogen-bond donors (Lipinski definition) is 4. The number of amides is 1. The second-order valence-electron chi connectivity index (χ2n) is 13.5. The van der Waals surface area contributed by atoms with E-state index in [4.69, 9.17) is 5.73 Å². The van der Waals surface area contributed by atoms with E-state index in [0.717, 1.165) is 54.9 Å². The van der Waals surface area contributed by atoms with E-state index >= 15 is 0 Å². The van der Waals surface area contributed by atoms with Crippen LogP contribution in [-0.4, -0.2) is 107 Å². The topological polar surface area (TPSA) is 175 Å². The van der Waals surface area contributed by atoms with Gasteiger partial charge in [0.25, 0.3) is 0 Å². The Morgan fingerprint density at radius 3 is 2.48 bits per heavy atom.